The van der Waals surface area contributed by atoms with Crippen LogP contribution in [0.2, 0.25) is 0 Å². The van der Waals surface area contributed by atoms with Gasteiger partial charge < -0.3 is 16.0 Å². The van der Waals surface area contributed by atoms with Crippen molar-refractivity contribution in [2.45, 2.75) is 37.8 Å². The second kappa shape index (κ2) is 3.86. The monoisotopic (exact) mass is 197 g/mol. The van der Waals surface area contributed by atoms with Crippen LogP contribution in [0, 0.1) is 0 Å². The number of amides is 3. The third-order valence-corrected chi connectivity index (χ3v) is 2.50. The largest absolute Gasteiger partial charge is 0.354 e. The van der Waals surface area contributed by atoms with Crippen molar-refractivity contribution in [3.63, 3.8) is 0 Å². The zero-order chi connectivity index (χ0) is 9.97. The van der Waals surface area contributed by atoms with Gasteiger partial charge in [-0.1, -0.05) is 0 Å². The number of rotatable bonds is 2. The zero-order valence-electron chi connectivity index (χ0n) is 8.01. The average molecular weight is 197 g/mol. The highest BCUT2D eigenvalue weighted by Crippen LogP contribution is 2.18. The molecule has 0 aromatic heterocycles. The molecule has 1 atom stereocenters. The van der Waals surface area contributed by atoms with E-state index in [2.05, 4.69) is 16.0 Å². The van der Waals surface area contributed by atoms with E-state index in [1.54, 1.807) is 0 Å². The molecule has 0 aromatic rings. The molecule has 14 heavy (non-hydrogen) atoms. The third-order valence-electron chi connectivity index (χ3n) is 2.50. The van der Waals surface area contributed by atoms with E-state index in [1.807, 2.05) is 0 Å². The fourth-order valence-corrected chi connectivity index (χ4v) is 1.52. The molecule has 0 spiro atoms. The fraction of sp³-hybridized carbons (Fsp3) is 0.778. The molecule has 3 amide bonds. The van der Waals surface area contributed by atoms with E-state index in [0.29, 0.717) is 6.04 Å². The van der Waals surface area contributed by atoms with Crippen molar-refractivity contribution >= 4 is 11.9 Å². The molecule has 2 aliphatic rings. The molecule has 2 rings (SSSR count). The van der Waals surface area contributed by atoms with Crippen LogP contribution in [0.4, 0.5) is 4.79 Å². The summed E-state index contributed by atoms with van der Waals surface area (Å²) in [6, 6.07) is -0.223. The lowest BCUT2D eigenvalue weighted by atomic mass is 10.1. The Morgan fingerprint density at radius 1 is 1.29 bits per heavy atom. The summed E-state index contributed by atoms with van der Waals surface area (Å²) < 4.78 is 0. The topological polar surface area (TPSA) is 70.2 Å². The smallest absolute Gasteiger partial charge is 0.315 e. The molecule has 1 aliphatic heterocycles. The lowest BCUT2D eigenvalue weighted by Gasteiger charge is -2.22. The minimum absolute atomic E-state index is 0.0674. The molecule has 1 saturated heterocycles. The van der Waals surface area contributed by atoms with E-state index < -0.39 is 0 Å². The Morgan fingerprint density at radius 2 is 2.07 bits per heavy atom. The number of carbonyl (C=O) groups excluding carboxylic acids is 2. The Bertz CT molecular complexity index is 250. The first-order valence-corrected chi connectivity index (χ1v) is 5.10. The molecule has 0 radical (unpaired) electrons. The highest BCUT2D eigenvalue weighted by Gasteiger charge is 2.27. The van der Waals surface area contributed by atoms with E-state index in [1.165, 1.54) is 0 Å². The van der Waals surface area contributed by atoms with Crippen molar-refractivity contribution in [3.8, 4) is 0 Å². The van der Waals surface area contributed by atoms with E-state index >= 15 is 0 Å². The van der Waals surface area contributed by atoms with Gasteiger partial charge in [-0.15, -0.1) is 0 Å². The van der Waals surface area contributed by atoms with Crippen LogP contribution in [0.3, 0.4) is 0 Å². The lowest BCUT2D eigenvalue weighted by molar-refractivity contribution is -0.124. The SMILES string of the molecule is O=C(NC1CC1)NC1CCCNC1=O. The summed E-state index contributed by atoms with van der Waals surface area (Å²) in [5.74, 6) is -0.0674. The normalized spacial score (nSPS) is 26.6. The number of piperidine rings is 1. The number of carbonyl (C=O) groups is 2. The van der Waals surface area contributed by atoms with Crippen LogP contribution in [0.25, 0.3) is 0 Å². The van der Waals surface area contributed by atoms with Gasteiger partial charge in [0.15, 0.2) is 0 Å². The van der Waals surface area contributed by atoms with Crippen molar-refractivity contribution in [1.82, 2.24) is 16.0 Å². The first kappa shape index (κ1) is 9.30. The summed E-state index contributed by atoms with van der Waals surface area (Å²) in [6.45, 7) is 0.723. The van der Waals surface area contributed by atoms with Crippen LogP contribution < -0.4 is 16.0 Å². The Hall–Kier alpha value is -1.26. The average Bonchev–Trinajstić information content (AvgIpc) is 2.93. The second-order valence-corrected chi connectivity index (χ2v) is 3.88. The number of nitrogens with one attached hydrogen (secondary N) is 3. The Morgan fingerprint density at radius 3 is 2.71 bits per heavy atom. The fourth-order valence-electron chi connectivity index (χ4n) is 1.52. The molecular weight excluding hydrogens is 182 g/mol. The molecule has 3 N–H and O–H groups in total. The standard InChI is InChI=1S/C9H15N3O2/c13-8-7(2-1-5-10-8)12-9(14)11-6-3-4-6/h6-7H,1-5H2,(H,10,13)(H2,11,12,14). The second-order valence-electron chi connectivity index (χ2n) is 3.88. The molecular formula is C9H15N3O2. The van der Waals surface area contributed by atoms with Gasteiger partial charge in [0.25, 0.3) is 0 Å². The molecule has 78 valence electrons. The van der Waals surface area contributed by atoms with Crippen molar-refractivity contribution in [1.29, 1.82) is 0 Å². The van der Waals surface area contributed by atoms with Crippen LogP contribution >= 0.6 is 0 Å². The molecule has 1 saturated carbocycles. The summed E-state index contributed by atoms with van der Waals surface area (Å²) in [5, 5.41) is 8.19. The molecule has 1 unspecified atom stereocenters. The van der Waals surface area contributed by atoms with Crippen molar-refractivity contribution in [3.05, 3.63) is 0 Å². The van der Waals surface area contributed by atoms with E-state index in [0.717, 1.165) is 32.2 Å². The lowest BCUT2D eigenvalue weighted by Crippen LogP contribution is -2.53. The first-order chi connectivity index (χ1) is 6.75. The molecule has 2 fully saturated rings. The number of hydrogen-bond acceptors (Lipinski definition) is 2. The molecule has 1 heterocycles. The third kappa shape index (κ3) is 2.37. The van der Waals surface area contributed by atoms with Gasteiger partial charge in [-0.2, -0.15) is 0 Å². The van der Waals surface area contributed by atoms with Gasteiger partial charge in [0.05, 0.1) is 0 Å². The molecule has 0 bridgehead atoms. The molecule has 0 aromatic carbocycles. The van der Waals surface area contributed by atoms with Crippen LogP contribution in [0.1, 0.15) is 25.7 Å². The van der Waals surface area contributed by atoms with Gasteiger partial charge in [-0.3, -0.25) is 4.79 Å². The summed E-state index contributed by atoms with van der Waals surface area (Å²) in [6.07, 6.45) is 3.79. The predicted octanol–water partition coefficient (Wildman–Crippen LogP) is -0.273. The Labute approximate surface area is 82.6 Å². The van der Waals surface area contributed by atoms with Crippen LogP contribution in [0.15, 0.2) is 0 Å². The van der Waals surface area contributed by atoms with Crippen LogP contribution in [0.5, 0.6) is 0 Å². The van der Waals surface area contributed by atoms with Gasteiger partial charge in [0, 0.05) is 12.6 Å². The minimum Gasteiger partial charge on any atom is -0.354 e. The van der Waals surface area contributed by atoms with Crippen molar-refractivity contribution in [2.24, 2.45) is 0 Å². The number of hydrogen-bond donors (Lipinski definition) is 3. The highest BCUT2D eigenvalue weighted by atomic mass is 16.2. The first-order valence-electron chi connectivity index (χ1n) is 5.10. The Kier molecular flexibility index (Phi) is 2.56. The van der Waals surface area contributed by atoms with Crippen LogP contribution in [-0.4, -0.2) is 30.6 Å². The van der Waals surface area contributed by atoms with Crippen molar-refractivity contribution in [2.75, 3.05) is 6.54 Å². The summed E-state index contributed by atoms with van der Waals surface area (Å²) in [7, 11) is 0. The highest BCUT2D eigenvalue weighted by molar-refractivity contribution is 5.87. The maximum absolute atomic E-state index is 11.3. The van der Waals surface area contributed by atoms with Gasteiger partial charge in [-0.05, 0) is 25.7 Å². The van der Waals surface area contributed by atoms with Crippen molar-refractivity contribution < 1.29 is 9.59 Å². The minimum atomic E-state index is -0.345. The summed E-state index contributed by atoms with van der Waals surface area (Å²) in [5.41, 5.74) is 0. The van der Waals surface area contributed by atoms with Gasteiger partial charge >= 0.3 is 6.03 Å². The Balaban J connectivity index is 1.76. The predicted molar refractivity (Wildman–Crippen MR) is 50.7 cm³/mol. The van der Waals surface area contributed by atoms with Crippen LogP contribution in [-0.2, 0) is 4.79 Å². The van der Waals surface area contributed by atoms with Gasteiger partial charge in [0.2, 0.25) is 5.91 Å². The maximum Gasteiger partial charge on any atom is 0.315 e. The van der Waals surface area contributed by atoms with E-state index in [-0.39, 0.29) is 18.0 Å². The van der Waals surface area contributed by atoms with E-state index in [4.69, 9.17) is 0 Å². The molecule has 1 aliphatic carbocycles. The van der Waals surface area contributed by atoms with Gasteiger partial charge in [-0.25, -0.2) is 4.79 Å². The maximum atomic E-state index is 11.3. The zero-order valence-corrected chi connectivity index (χ0v) is 8.01. The van der Waals surface area contributed by atoms with Gasteiger partial charge in [0.1, 0.15) is 6.04 Å². The summed E-state index contributed by atoms with van der Waals surface area (Å²) in [4.78, 5) is 22.6. The summed E-state index contributed by atoms with van der Waals surface area (Å²) >= 11 is 0. The number of urea groups is 1. The quantitative estimate of drug-likeness (QED) is 0.570. The molecule has 5 nitrogen and oxygen atoms in total. The molecule has 5 heteroatoms. The van der Waals surface area contributed by atoms with E-state index in [9.17, 15) is 9.59 Å².